The Morgan fingerprint density at radius 2 is 2.25 bits per heavy atom. The van der Waals surface area contributed by atoms with Gasteiger partial charge in [0.05, 0.1) is 0 Å². The molecule has 1 aromatic heterocycles. The summed E-state index contributed by atoms with van der Waals surface area (Å²) in [4.78, 5) is 3.81. The standard InChI is InChI=1S/C9H14F3N3O/c1-16-6-2-4-15-5-3-13-8(15)14-7-9(10,11)12/h3,5H,2,4,6-7H2,1H3,(H,13,14). The fourth-order valence-electron chi connectivity index (χ4n) is 1.22. The number of nitrogens with one attached hydrogen (secondary N) is 1. The van der Waals surface area contributed by atoms with Gasteiger partial charge in [-0.15, -0.1) is 0 Å². The monoisotopic (exact) mass is 237 g/mol. The van der Waals surface area contributed by atoms with Crippen molar-refractivity contribution in [3.63, 3.8) is 0 Å². The summed E-state index contributed by atoms with van der Waals surface area (Å²) in [5.74, 6) is 0.230. The Morgan fingerprint density at radius 3 is 2.88 bits per heavy atom. The SMILES string of the molecule is COCCCn1ccnc1NCC(F)(F)F. The molecule has 0 atom stereocenters. The molecule has 4 nitrogen and oxygen atoms in total. The van der Waals surface area contributed by atoms with Gasteiger partial charge in [-0.2, -0.15) is 13.2 Å². The molecule has 0 fully saturated rings. The number of nitrogens with zero attached hydrogens (tertiary/aromatic N) is 2. The maximum absolute atomic E-state index is 12.0. The molecule has 92 valence electrons. The Balaban J connectivity index is 2.44. The number of hydrogen-bond donors (Lipinski definition) is 1. The van der Waals surface area contributed by atoms with Crippen molar-refractivity contribution in [1.29, 1.82) is 0 Å². The van der Waals surface area contributed by atoms with Crippen molar-refractivity contribution in [3.05, 3.63) is 12.4 Å². The third-order valence-electron chi connectivity index (χ3n) is 1.91. The topological polar surface area (TPSA) is 39.1 Å². The molecule has 0 saturated heterocycles. The van der Waals surface area contributed by atoms with Crippen LogP contribution in [0.15, 0.2) is 12.4 Å². The third-order valence-corrected chi connectivity index (χ3v) is 1.91. The molecule has 0 radical (unpaired) electrons. The first-order chi connectivity index (χ1) is 7.53. The molecule has 0 aliphatic rings. The number of aryl methyl sites for hydroxylation is 1. The molecule has 0 aromatic carbocycles. The summed E-state index contributed by atoms with van der Waals surface area (Å²) >= 11 is 0. The van der Waals surface area contributed by atoms with Crippen molar-refractivity contribution in [3.8, 4) is 0 Å². The van der Waals surface area contributed by atoms with Crippen LogP contribution in [0.4, 0.5) is 19.1 Å². The molecule has 1 aromatic rings. The summed E-state index contributed by atoms with van der Waals surface area (Å²) in [7, 11) is 1.58. The second-order valence-corrected chi connectivity index (χ2v) is 3.26. The number of alkyl halides is 3. The molecule has 0 amide bonds. The van der Waals surface area contributed by atoms with Crippen molar-refractivity contribution in [2.75, 3.05) is 25.6 Å². The van der Waals surface area contributed by atoms with Gasteiger partial charge < -0.3 is 14.6 Å². The zero-order valence-corrected chi connectivity index (χ0v) is 8.92. The summed E-state index contributed by atoms with van der Waals surface area (Å²) in [6.07, 6.45) is -0.406. The van der Waals surface area contributed by atoms with Crippen molar-refractivity contribution >= 4 is 5.95 Å². The largest absolute Gasteiger partial charge is 0.405 e. The normalized spacial score (nSPS) is 11.8. The van der Waals surface area contributed by atoms with Gasteiger partial charge in [0.15, 0.2) is 0 Å². The number of aromatic nitrogens is 2. The molecule has 7 heteroatoms. The van der Waals surface area contributed by atoms with E-state index in [1.165, 1.54) is 6.20 Å². The van der Waals surface area contributed by atoms with Crippen LogP contribution in [0.25, 0.3) is 0 Å². The van der Waals surface area contributed by atoms with Gasteiger partial charge in [0.2, 0.25) is 5.95 Å². The highest BCUT2D eigenvalue weighted by atomic mass is 19.4. The van der Waals surface area contributed by atoms with Crippen LogP contribution in [-0.2, 0) is 11.3 Å². The Kier molecular flexibility index (Phi) is 4.60. The molecule has 0 aliphatic carbocycles. The highest BCUT2D eigenvalue weighted by molar-refractivity contribution is 5.25. The van der Waals surface area contributed by atoms with E-state index >= 15 is 0 Å². The Labute approximate surface area is 91.4 Å². The fourth-order valence-corrected chi connectivity index (χ4v) is 1.22. The maximum Gasteiger partial charge on any atom is 0.405 e. The summed E-state index contributed by atoms with van der Waals surface area (Å²) in [5, 5.41) is 2.25. The first kappa shape index (κ1) is 12.8. The first-order valence-electron chi connectivity index (χ1n) is 4.83. The van der Waals surface area contributed by atoms with Crippen LogP contribution in [0.2, 0.25) is 0 Å². The van der Waals surface area contributed by atoms with Gasteiger partial charge in [0, 0.05) is 32.7 Å². The second-order valence-electron chi connectivity index (χ2n) is 3.26. The predicted molar refractivity (Wildman–Crippen MR) is 53.3 cm³/mol. The highest BCUT2D eigenvalue weighted by Gasteiger charge is 2.27. The zero-order valence-electron chi connectivity index (χ0n) is 8.92. The molecule has 0 bridgehead atoms. The van der Waals surface area contributed by atoms with E-state index in [1.807, 2.05) is 0 Å². The van der Waals surface area contributed by atoms with Crippen LogP contribution in [-0.4, -0.2) is 36.0 Å². The molecule has 1 rings (SSSR count). The van der Waals surface area contributed by atoms with Gasteiger partial charge in [-0.3, -0.25) is 0 Å². The summed E-state index contributed by atoms with van der Waals surface area (Å²) in [6, 6.07) is 0. The van der Waals surface area contributed by atoms with Crippen molar-refractivity contribution < 1.29 is 17.9 Å². The minimum absolute atomic E-state index is 0.230. The average Bonchev–Trinajstić information content (AvgIpc) is 2.62. The van der Waals surface area contributed by atoms with E-state index in [2.05, 4.69) is 10.3 Å². The summed E-state index contributed by atoms with van der Waals surface area (Å²) < 4.78 is 42.4. The van der Waals surface area contributed by atoms with Crippen LogP contribution in [0.5, 0.6) is 0 Å². The van der Waals surface area contributed by atoms with Crippen LogP contribution in [0.1, 0.15) is 6.42 Å². The smallest absolute Gasteiger partial charge is 0.385 e. The van der Waals surface area contributed by atoms with E-state index in [0.29, 0.717) is 13.2 Å². The van der Waals surface area contributed by atoms with Crippen molar-refractivity contribution in [2.45, 2.75) is 19.1 Å². The summed E-state index contributed by atoms with van der Waals surface area (Å²) in [6.45, 7) is 0.0687. The van der Waals surface area contributed by atoms with Gasteiger partial charge in [0.25, 0.3) is 0 Å². The van der Waals surface area contributed by atoms with Crippen LogP contribution < -0.4 is 5.32 Å². The van der Waals surface area contributed by atoms with Crippen LogP contribution in [0, 0.1) is 0 Å². The van der Waals surface area contributed by atoms with Crippen molar-refractivity contribution in [1.82, 2.24) is 9.55 Å². The molecule has 0 aliphatic heterocycles. The Hall–Kier alpha value is -1.24. The van der Waals surface area contributed by atoms with E-state index in [4.69, 9.17) is 4.74 Å². The van der Waals surface area contributed by atoms with Crippen LogP contribution in [0.3, 0.4) is 0 Å². The first-order valence-corrected chi connectivity index (χ1v) is 4.83. The number of imidazole rings is 1. The predicted octanol–water partition coefficient (Wildman–Crippen LogP) is 1.89. The van der Waals surface area contributed by atoms with E-state index < -0.39 is 12.7 Å². The van der Waals surface area contributed by atoms with Crippen molar-refractivity contribution in [2.24, 2.45) is 0 Å². The van der Waals surface area contributed by atoms with E-state index in [-0.39, 0.29) is 5.95 Å². The van der Waals surface area contributed by atoms with Gasteiger partial charge in [0.1, 0.15) is 6.54 Å². The van der Waals surface area contributed by atoms with Gasteiger partial charge >= 0.3 is 6.18 Å². The minimum atomic E-state index is -4.23. The third kappa shape index (κ3) is 4.52. The molecule has 0 saturated carbocycles. The molecule has 0 unspecified atom stereocenters. The number of methoxy groups -OCH3 is 1. The molecule has 1 N–H and O–H groups in total. The van der Waals surface area contributed by atoms with E-state index in [0.717, 1.165) is 6.42 Å². The van der Waals surface area contributed by atoms with Gasteiger partial charge in [-0.05, 0) is 6.42 Å². The Morgan fingerprint density at radius 1 is 1.50 bits per heavy atom. The Bertz CT molecular complexity index is 311. The van der Waals surface area contributed by atoms with E-state index in [1.54, 1.807) is 17.9 Å². The highest BCUT2D eigenvalue weighted by Crippen LogP contribution is 2.15. The molecule has 0 spiro atoms. The number of anilines is 1. The quantitative estimate of drug-likeness (QED) is 0.768. The van der Waals surface area contributed by atoms with Gasteiger partial charge in [-0.1, -0.05) is 0 Å². The lowest BCUT2D eigenvalue weighted by Crippen LogP contribution is -2.23. The van der Waals surface area contributed by atoms with Crippen LogP contribution >= 0.6 is 0 Å². The van der Waals surface area contributed by atoms with E-state index in [9.17, 15) is 13.2 Å². The number of hydrogen-bond acceptors (Lipinski definition) is 3. The lowest BCUT2D eigenvalue weighted by Gasteiger charge is -2.11. The average molecular weight is 237 g/mol. The lowest BCUT2D eigenvalue weighted by molar-refractivity contribution is -0.115. The molecular weight excluding hydrogens is 223 g/mol. The van der Waals surface area contributed by atoms with Gasteiger partial charge in [-0.25, -0.2) is 4.98 Å². The minimum Gasteiger partial charge on any atom is -0.385 e. The number of ether oxygens (including phenoxy) is 1. The zero-order chi connectivity index (χ0) is 12.0. The summed E-state index contributed by atoms with van der Waals surface area (Å²) in [5.41, 5.74) is 0. The lowest BCUT2D eigenvalue weighted by atomic mass is 10.4. The maximum atomic E-state index is 12.0. The molecule has 1 heterocycles. The number of halogens is 3. The second kappa shape index (κ2) is 5.74. The molecular formula is C9H14F3N3O. The number of rotatable bonds is 6. The fraction of sp³-hybridized carbons (Fsp3) is 0.667. The molecule has 16 heavy (non-hydrogen) atoms.